The minimum atomic E-state index is -0.0712. The van der Waals surface area contributed by atoms with Gasteiger partial charge in [-0.25, -0.2) is 0 Å². The van der Waals surface area contributed by atoms with Crippen molar-refractivity contribution in [3.63, 3.8) is 0 Å². The Morgan fingerprint density at radius 3 is 2.89 bits per heavy atom. The third-order valence-electron chi connectivity index (χ3n) is 3.85. The summed E-state index contributed by atoms with van der Waals surface area (Å²) in [6.07, 6.45) is 7.28. The Morgan fingerprint density at radius 1 is 1.22 bits per heavy atom. The molecule has 1 aromatic heterocycles. The zero-order valence-electron chi connectivity index (χ0n) is 10.5. The van der Waals surface area contributed by atoms with Gasteiger partial charge in [0.1, 0.15) is 0 Å². The van der Waals surface area contributed by atoms with Crippen molar-refractivity contribution >= 4 is 10.9 Å². The first-order valence-corrected chi connectivity index (χ1v) is 6.85. The molecule has 94 valence electrons. The number of aryl methyl sites for hydroxylation is 1. The number of fused-ring (bicyclic) bond motifs is 1. The van der Waals surface area contributed by atoms with E-state index in [1.807, 2.05) is 12.3 Å². The van der Waals surface area contributed by atoms with Gasteiger partial charge >= 0.3 is 0 Å². The van der Waals surface area contributed by atoms with Crippen molar-refractivity contribution in [2.75, 3.05) is 0 Å². The summed E-state index contributed by atoms with van der Waals surface area (Å²) in [5, 5.41) is 11.1. The van der Waals surface area contributed by atoms with Crippen molar-refractivity contribution in [3.05, 3.63) is 42.1 Å². The molecule has 2 heteroatoms. The molecule has 1 unspecified atom stereocenters. The van der Waals surface area contributed by atoms with E-state index < -0.39 is 0 Å². The van der Waals surface area contributed by atoms with Gasteiger partial charge in [-0.3, -0.25) is 4.98 Å². The zero-order valence-corrected chi connectivity index (χ0v) is 10.5. The number of aromatic nitrogens is 1. The molecule has 1 aromatic carbocycles. The van der Waals surface area contributed by atoms with E-state index in [4.69, 9.17) is 0 Å². The van der Waals surface area contributed by atoms with Gasteiger partial charge in [-0.1, -0.05) is 18.2 Å². The van der Waals surface area contributed by atoms with Gasteiger partial charge in [-0.05, 0) is 55.7 Å². The fraction of sp³-hybridized carbons (Fsp3) is 0.438. The minimum Gasteiger partial charge on any atom is -0.393 e. The summed E-state index contributed by atoms with van der Waals surface area (Å²) >= 11 is 0. The molecule has 1 aliphatic carbocycles. The first kappa shape index (κ1) is 11.7. The highest BCUT2D eigenvalue weighted by Gasteiger charge is 2.28. The van der Waals surface area contributed by atoms with Crippen molar-refractivity contribution in [2.45, 2.75) is 38.2 Å². The van der Waals surface area contributed by atoms with Crippen LogP contribution in [0.4, 0.5) is 0 Å². The van der Waals surface area contributed by atoms with Gasteiger partial charge in [-0.2, -0.15) is 0 Å². The molecule has 2 aromatic rings. The maximum atomic E-state index is 9.87. The maximum Gasteiger partial charge on any atom is 0.0704 e. The number of hydrogen-bond acceptors (Lipinski definition) is 2. The normalized spacial score (nSPS) is 16.9. The predicted molar refractivity (Wildman–Crippen MR) is 73.4 cm³/mol. The molecular formula is C16H19NO. The summed E-state index contributed by atoms with van der Waals surface area (Å²) < 4.78 is 0. The number of rotatable bonds is 5. The number of para-hydroxylation sites is 1. The van der Waals surface area contributed by atoms with E-state index in [-0.39, 0.29) is 6.10 Å². The summed E-state index contributed by atoms with van der Waals surface area (Å²) in [6.45, 7) is 0. The lowest BCUT2D eigenvalue weighted by Crippen LogP contribution is -2.09. The van der Waals surface area contributed by atoms with Gasteiger partial charge in [0.2, 0.25) is 0 Å². The van der Waals surface area contributed by atoms with Crippen molar-refractivity contribution in [1.82, 2.24) is 4.98 Å². The van der Waals surface area contributed by atoms with E-state index in [0.29, 0.717) is 5.92 Å². The molecule has 0 radical (unpaired) electrons. The smallest absolute Gasteiger partial charge is 0.0704 e. The molecule has 3 rings (SSSR count). The lowest BCUT2D eigenvalue weighted by atomic mass is 10.0. The van der Waals surface area contributed by atoms with Crippen LogP contribution in [0.25, 0.3) is 10.9 Å². The second-order valence-corrected chi connectivity index (χ2v) is 5.28. The monoisotopic (exact) mass is 241 g/mol. The van der Waals surface area contributed by atoms with Crippen LogP contribution < -0.4 is 0 Å². The average Bonchev–Trinajstić information content (AvgIpc) is 3.23. The quantitative estimate of drug-likeness (QED) is 0.871. The molecule has 0 saturated heterocycles. The number of nitrogens with zero attached hydrogens (tertiary/aromatic N) is 1. The molecular weight excluding hydrogens is 222 g/mol. The third-order valence-corrected chi connectivity index (χ3v) is 3.85. The summed E-state index contributed by atoms with van der Waals surface area (Å²) in [7, 11) is 0. The topological polar surface area (TPSA) is 33.1 Å². The molecule has 2 nitrogen and oxygen atoms in total. The summed E-state index contributed by atoms with van der Waals surface area (Å²) in [4.78, 5) is 4.37. The lowest BCUT2D eigenvalue weighted by molar-refractivity contribution is 0.139. The van der Waals surface area contributed by atoms with Crippen LogP contribution in [0, 0.1) is 5.92 Å². The van der Waals surface area contributed by atoms with Crippen LogP contribution in [0.15, 0.2) is 36.5 Å². The molecule has 1 fully saturated rings. The Bertz CT molecular complexity index is 528. The van der Waals surface area contributed by atoms with Crippen molar-refractivity contribution in [1.29, 1.82) is 0 Å². The molecule has 0 amide bonds. The fourth-order valence-electron chi connectivity index (χ4n) is 2.59. The Balaban J connectivity index is 1.66. The SMILES string of the molecule is OC(CCCc1ccnc2ccccc12)C1CC1. The third kappa shape index (κ3) is 2.54. The molecule has 1 atom stereocenters. The van der Waals surface area contributed by atoms with Gasteiger partial charge in [0.25, 0.3) is 0 Å². The molecule has 18 heavy (non-hydrogen) atoms. The Hall–Kier alpha value is -1.41. The van der Waals surface area contributed by atoms with Crippen LogP contribution in [-0.4, -0.2) is 16.2 Å². The van der Waals surface area contributed by atoms with Crippen molar-refractivity contribution in [2.24, 2.45) is 5.92 Å². The van der Waals surface area contributed by atoms with E-state index >= 15 is 0 Å². The number of hydrogen-bond donors (Lipinski definition) is 1. The minimum absolute atomic E-state index is 0.0712. The van der Waals surface area contributed by atoms with E-state index in [9.17, 15) is 5.11 Å². The van der Waals surface area contributed by atoms with Crippen LogP contribution in [0.1, 0.15) is 31.2 Å². The van der Waals surface area contributed by atoms with Crippen LogP contribution in [0.5, 0.6) is 0 Å². The highest BCUT2D eigenvalue weighted by atomic mass is 16.3. The molecule has 1 aliphatic rings. The van der Waals surface area contributed by atoms with Gasteiger partial charge in [0.15, 0.2) is 0 Å². The molecule has 0 bridgehead atoms. The average molecular weight is 241 g/mol. The van der Waals surface area contributed by atoms with Gasteiger partial charge in [-0.15, -0.1) is 0 Å². The highest BCUT2D eigenvalue weighted by Crippen LogP contribution is 2.34. The maximum absolute atomic E-state index is 9.87. The Labute approximate surface area is 108 Å². The number of pyridine rings is 1. The van der Waals surface area contributed by atoms with Gasteiger partial charge < -0.3 is 5.11 Å². The molecule has 0 spiro atoms. The van der Waals surface area contributed by atoms with Gasteiger partial charge in [0.05, 0.1) is 11.6 Å². The largest absolute Gasteiger partial charge is 0.393 e. The number of aliphatic hydroxyl groups excluding tert-OH is 1. The van der Waals surface area contributed by atoms with E-state index in [0.717, 1.165) is 24.8 Å². The van der Waals surface area contributed by atoms with Crippen LogP contribution in [0.3, 0.4) is 0 Å². The van der Waals surface area contributed by atoms with Crippen molar-refractivity contribution in [3.8, 4) is 0 Å². The van der Waals surface area contributed by atoms with E-state index in [1.54, 1.807) is 0 Å². The van der Waals surface area contributed by atoms with Crippen LogP contribution in [-0.2, 0) is 6.42 Å². The zero-order chi connectivity index (χ0) is 12.4. The Morgan fingerprint density at radius 2 is 2.06 bits per heavy atom. The lowest BCUT2D eigenvalue weighted by Gasteiger charge is -2.09. The standard InChI is InChI=1S/C16H19NO/c18-16(13-8-9-13)7-3-4-12-10-11-17-15-6-2-1-5-14(12)15/h1-2,5-6,10-11,13,16,18H,3-4,7-9H2. The van der Waals surface area contributed by atoms with Gasteiger partial charge in [0, 0.05) is 11.6 Å². The second-order valence-electron chi connectivity index (χ2n) is 5.28. The second kappa shape index (κ2) is 5.07. The van der Waals surface area contributed by atoms with Crippen LogP contribution in [0.2, 0.25) is 0 Å². The van der Waals surface area contributed by atoms with Crippen LogP contribution >= 0.6 is 0 Å². The van der Waals surface area contributed by atoms with E-state index in [1.165, 1.54) is 23.8 Å². The number of benzene rings is 1. The first-order valence-electron chi connectivity index (χ1n) is 6.85. The molecule has 1 N–H and O–H groups in total. The molecule has 0 aliphatic heterocycles. The fourth-order valence-corrected chi connectivity index (χ4v) is 2.59. The molecule has 1 saturated carbocycles. The summed E-state index contributed by atoms with van der Waals surface area (Å²) in [5.74, 6) is 0.596. The van der Waals surface area contributed by atoms with Crippen molar-refractivity contribution < 1.29 is 5.11 Å². The Kier molecular flexibility index (Phi) is 3.28. The highest BCUT2D eigenvalue weighted by molar-refractivity contribution is 5.81. The number of aliphatic hydroxyl groups is 1. The molecule has 1 heterocycles. The summed E-state index contributed by atoms with van der Waals surface area (Å²) in [5.41, 5.74) is 2.42. The summed E-state index contributed by atoms with van der Waals surface area (Å²) in [6, 6.07) is 10.4. The first-order chi connectivity index (χ1) is 8.84. The van der Waals surface area contributed by atoms with E-state index in [2.05, 4.69) is 29.2 Å². The predicted octanol–water partition coefficient (Wildman–Crippen LogP) is 3.33.